The summed E-state index contributed by atoms with van der Waals surface area (Å²) >= 11 is 1.21. The van der Waals surface area contributed by atoms with Gasteiger partial charge >= 0.3 is 0 Å². The van der Waals surface area contributed by atoms with Gasteiger partial charge in [-0.05, 0) is 55.3 Å². The van der Waals surface area contributed by atoms with Crippen LogP contribution >= 0.6 is 11.8 Å². The maximum atomic E-state index is 13.3. The maximum Gasteiger partial charge on any atom is 0.254 e. The Balaban J connectivity index is 1.55. The van der Waals surface area contributed by atoms with Gasteiger partial charge in [-0.15, -0.1) is 0 Å². The number of nitrogens with one attached hydrogen (secondary N) is 3. The Kier molecular flexibility index (Phi) is 7.93. The van der Waals surface area contributed by atoms with Crippen LogP contribution in [0.1, 0.15) is 31.1 Å². The van der Waals surface area contributed by atoms with Gasteiger partial charge in [-0.25, -0.2) is 0 Å². The van der Waals surface area contributed by atoms with E-state index in [2.05, 4.69) is 28.9 Å². The second kappa shape index (κ2) is 11.5. The number of allylic oxidation sites excluding steroid dienone is 2. The van der Waals surface area contributed by atoms with Crippen molar-refractivity contribution in [3.05, 3.63) is 106 Å². The first-order valence-electron chi connectivity index (χ1n) is 11.5. The molecule has 0 fully saturated rings. The van der Waals surface area contributed by atoms with Crippen molar-refractivity contribution in [2.45, 2.75) is 26.2 Å². The molecule has 0 aliphatic carbocycles. The van der Waals surface area contributed by atoms with Crippen LogP contribution in [0.4, 0.5) is 11.4 Å². The maximum absolute atomic E-state index is 13.3. The van der Waals surface area contributed by atoms with Crippen molar-refractivity contribution < 1.29 is 14.0 Å². The van der Waals surface area contributed by atoms with Crippen molar-refractivity contribution in [3.63, 3.8) is 0 Å². The van der Waals surface area contributed by atoms with Gasteiger partial charge in [0.2, 0.25) is 5.91 Å². The number of para-hydroxylation sites is 1. The summed E-state index contributed by atoms with van der Waals surface area (Å²) in [5.41, 5.74) is 3.84. The second-order valence-corrected chi connectivity index (χ2v) is 9.16. The van der Waals surface area contributed by atoms with Crippen molar-refractivity contribution in [2.75, 3.05) is 16.4 Å². The Labute approximate surface area is 214 Å². The van der Waals surface area contributed by atoms with Gasteiger partial charge in [0.25, 0.3) is 5.91 Å². The third-order valence-corrected chi connectivity index (χ3v) is 6.76. The molecule has 0 radical (unpaired) electrons. The molecular formula is C28H26N4O3S. The molecule has 1 aliphatic heterocycles. The van der Waals surface area contributed by atoms with Crippen LogP contribution in [0, 0.1) is 11.3 Å². The molecule has 0 bridgehead atoms. The monoisotopic (exact) mass is 498 g/mol. The van der Waals surface area contributed by atoms with Crippen LogP contribution in [-0.2, 0) is 16.0 Å². The van der Waals surface area contributed by atoms with Gasteiger partial charge < -0.3 is 20.4 Å². The first kappa shape index (κ1) is 24.9. The number of carbonyl (C=O) groups excluding carboxylic acids is 2. The van der Waals surface area contributed by atoms with E-state index >= 15 is 0 Å². The molecule has 2 amide bonds. The van der Waals surface area contributed by atoms with Crippen molar-refractivity contribution >= 4 is 35.0 Å². The van der Waals surface area contributed by atoms with E-state index in [9.17, 15) is 14.9 Å². The lowest BCUT2D eigenvalue weighted by Gasteiger charge is -2.28. The van der Waals surface area contributed by atoms with E-state index < -0.39 is 5.92 Å². The number of amides is 2. The Morgan fingerprint density at radius 1 is 1.03 bits per heavy atom. The predicted molar refractivity (Wildman–Crippen MR) is 142 cm³/mol. The van der Waals surface area contributed by atoms with Gasteiger partial charge in [-0.2, -0.15) is 5.26 Å². The first-order chi connectivity index (χ1) is 17.5. The fraction of sp³-hybridized carbons (Fsp3) is 0.179. The number of nitriles is 1. The van der Waals surface area contributed by atoms with Gasteiger partial charge in [0.15, 0.2) is 0 Å². The Bertz CT molecular complexity index is 1340. The molecule has 7 nitrogen and oxygen atoms in total. The number of benzene rings is 2. The van der Waals surface area contributed by atoms with E-state index in [1.807, 2.05) is 42.5 Å². The fourth-order valence-electron chi connectivity index (χ4n) is 3.95. The van der Waals surface area contributed by atoms with Gasteiger partial charge in [0, 0.05) is 17.1 Å². The molecule has 1 aliphatic rings. The number of carbonyl (C=O) groups is 2. The zero-order valence-electron chi connectivity index (χ0n) is 20.0. The number of nitrogens with zero attached hydrogens (tertiary/aromatic N) is 1. The minimum atomic E-state index is -0.706. The molecule has 2 heterocycles. The molecular weight excluding hydrogens is 472 g/mol. The molecule has 0 saturated carbocycles. The molecule has 36 heavy (non-hydrogen) atoms. The Morgan fingerprint density at radius 3 is 2.39 bits per heavy atom. The molecule has 0 spiro atoms. The third kappa shape index (κ3) is 5.70. The van der Waals surface area contributed by atoms with Crippen LogP contribution in [0.2, 0.25) is 0 Å². The van der Waals surface area contributed by atoms with Crippen LogP contribution in [0.5, 0.6) is 0 Å². The van der Waals surface area contributed by atoms with Crippen molar-refractivity contribution in [3.8, 4) is 6.07 Å². The summed E-state index contributed by atoms with van der Waals surface area (Å²) in [4.78, 5) is 25.9. The summed E-state index contributed by atoms with van der Waals surface area (Å²) in [5.74, 6) is -0.671. The van der Waals surface area contributed by atoms with Gasteiger partial charge in [0.05, 0.1) is 40.2 Å². The average molecular weight is 499 g/mol. The topological polar surface area (TPSA) is 107 Å². The zero-order chi connectivity index (χ0) is 25.5. The van der Waals surface area contributed by atoms with Crippen LogP contribution < -0.4 is 16.0 Å². The Hall–Kier alpha value is -4.22. The predicted octanol–water partition coefficient (Wildman–Crippen LogP) is 5.55. The molecule has 1 aromatic heterocycles. The van der Waals surface area contributed by atoms with Gasteiger partial charge in [0.1, 0.15) is 5.76 Å². The zero-order valence-corrected chi connectivity index (χ0v) is 20.8. The summed E-state index contributed by atoms with van der Waals surface area (Å²) in [6, 6.07) is 22.5. The van der Waals surface area contributed by atoms with Crippen molar-refractivity contribution in [1.29, 1.82) is 5.26 Å². The number of aryl methyl sites for hydroxylation is 1. The number of anilines is 2. The summed E-state index contributed by atoms with van der Waals surface area (Å²) in [5, 5.41) is 19.6. The molecule has 8 heteroatoms. The van der Waals surface area contributed by atoms with E-state index in [4.69, 9.17) is 4.42 Å². The molecule has 3 N–H and O–H groups in total. The molecule has 0 saturated heterocycles. The van der Waals surface area contributed by atoms with Crippen LogP contribution in [-0.4, -0.2) is 17.6 Å². The fourth-order valence-corrected chi connectivity index (χ4v) is 4.84. The van der Waals surface area contributed by atoms with Crippen molar-refractivity contribution in [1.82, 2.24) is 5.32 Å². The van der Waals surface area contributed by atoms with E-state index in [1.54, 1.807) is 31.2 Å². The summed E-state index contributed by atoms with van der Waals surface area (Å²) in [6.45, 7) is 3.85. The Morgan fingerprint density at radius 2 is 1.75 bits per heavy atom. The third-order valence-electron chi connectivity index (χ3n) is 5.74. The highest BCUT2D eigenvalue weighted by atomic mass is 32.2. The summed E-state index contributed by atoms with van der Waals surface area (Å²) in [6.07, 6.45) is 2.44. The minimum absolute atomic E-state index is 0.0900. The highest BCUT2D eigenvalue weighted by Crippen LogP contribution is 2.41. The summed E-state index contributed by atoms with van der Waals surface area (Å²) in [7, 11) is 0. The van der Waals surface area contributed by atoms with E-state index in [0.717, 1.165) is 6.42 Å². The van der Waals surface area contributed by atoms with Crippen LogP contribution in [0.3, 0.4) is 0 Å². The highest BCUT2D eigenvalue weighted by Gasteiger charge is 2.36. The quantitative estimate of drug-likeness (QED) is 0.376. The SMILES string of the molecule is CCc1ccc(NC(=O)CSC2=C(C#N)C(c3ccco3)C(C(=O)Nc3ccccc3)=C(C)N2)cc1. The number of rotatable bonds is 8. The number of furan rings is 1. The van der Waals surface area contributed by atoms with E-state index in [-0.39, 0.29) is 17.6 Å². The number of hydrogen-bond donors (Lipinski definition) is 3. The van der Waals surface area contributed by atoms with E-state index in [1.165, 1.54) is 23.6 Å². The molecule has 3 aromatic rings. The van der Waals surface area contributed by atoms with Gasteiger partial charge in [-0.3, -0.25) is 9.59 Å². The smallest absolute Gasteiger partial charge is 0.254 e. The number of dihydropyridines is 1. The molecule has 2 aromatic carbocycles. The average Bonchev–Trinajstić information content (AvgIpc) is 3.42. The highest BCUT2D eigenvalue weighted by molar-refractivity contribution is 8.03. The van der Waals surface area contributed by atoms with Crippen LogP contribution in [0.15, 0.2) is 99.3 Å². The normalized spacial score (nSPS) is 15.2. The first-order valence-corrected chi connectivity index (χ1v) is 12.5. The minimum Gasteiger partial charge on any atom is -0.468 e. The summed E-state index contributed by atoms with van der Waals surface area (Å²) < 4.78 is 5.64. The molecule has 1 unspecified atom stereocenters. The van der Waals surface area contributed by atoms with Crippen molar-refractivity contribution in [2.24, 2.45) is 0 Å². The number of thioether (sulfide) groups is 1. The van der Waals surface area contributed by atoms with E-state index in [0.29, 0.717) is 39.0 Å². The van der Waals surface area contributed by atoms with Gasteiger partial charge in [-0.1, -0.05) is 49.0 Å². The lowest BCUT2D eigenvalue weighted by molar-refractivity contribution is -0.114. The molecule has 182 valence electrons. The molecule has 1 atom stereocenters. The van der Waals surface area contributed by atoms with Crippen LogP contribution in [0.25, 0.3) is 0 Å². The molecule has 4 rings (SSSR count). The lowest BCUT2D eigenvalue weighted by Crippen LogP contribution is -2.31. The largest absolute Gasteiger partial charge is 0.468 e. The number of hydrogen-bond acceptors (Lipinski definition) is 6. The standard InChI is InChI=1S/C28H26N4O3S/c1-3-19-11-13-21(14-12-19)31-24(33)17-36-28-22(16-29)26(23-10-7-15-35-23)25(18(2)30-28)27(34)32-20-8-5-4-6-9-20/h4-15,26,30H,3,17H2,1-2H3,(H,31,33)(H,32,34). The second-order valence-electron chi connectivity index (χ2n) is 8.17. The lowest BCUT2D eigenvalue weighted by atomic mass is 9.85.